The van der Waals surface area contributed by atoms with Gasteiger partial charge in [-0.25, -0.2) is 0 Å². The van der Waals surface area contributed by atoms with Crippen LogP contribution in [0.4, 0.5) is 26.3 Å². The highest BCUT2D eigenvalue weighted by Gasteiger charge is 2.41. The first-order valence-corrected chi connectivity index (χ1v) is 9.86. The van der Waals surface area contributed by atoms with Crippen molar-refractivity contribution in [3.8, 4) is 0 Å². The van der Waals surface area contributed by atoms with Gasteiger partial charge in [0.1, 0.15) is 0 Å². The van der Waals surface area contributed by atoms with E-state index in [9.17, 15) is 31.1 Å². The van der Waals surface area contributed by atoms with E-state index in [2.05, 4.69) is 5.32 Å². The molecule has 3 atom stereocenters. The van der Waals surface area contributed by atoms with Gasteiger partial charge < -0.3 is 15.8 Å². The number of amides is 1. The third kappa shape index (κ3) is 5.24. The van der Waals surface area contributed by atoms with E-state index in [4.69, 9.17) is 10.5 Å². The monoisotopic (exact) mass is 460 g/mol. The van der Waals surface area contributed by atoms with Crippen molar-refractivity contribution in [2.45, 2.75) is 49.8 Å². The Morgan fingerprint density at radius 1 is 1.06 bits per heavy atom. The molecule has 4 nitrogen and oxygen atoms in total. The van der Waals surface area contributed by atoms with Crippen LogP contribution in [0.3, 0.4) is 0 Å². The van der Waals surface area contributed by atoms with Crippen LogP contribution in [-0.2, 0) is 27.4 Å². The van der Waals surface area contributed by atoms with Crippen LogP contribution in [0.25, 0.3) is 0 Å². The van der Waals surface area contributed by atoms with Crippen molar-refractivity contribution in [1.82, 2.24) is 5.32 Å². The molecule has 32 heavy (non-hydrogen) atoms. The molecule has 174 valence electrons. The lowest BCUT2D eigenvalue weighted by Crippen LogP contribution is -2.58. The van der Waals surface area contributed by atoms with E-state index < -0.39 is 47.1 Å². The highest BCUT2D eigenvalue weighted by molar-refractivity contribution is 5.83. The largest absolute Gasteiger partial charge is 0.416 e. The Bertz CT molecular complexity index is 929. The van der Waals surface area contributed by atoms with Crippen molar-refractivity contribution >= 4 is 5.91 Å². The molecule has 0 bridgehead atoms. The molecule has 1 heterocycles. The molecule has 2 aromatic carbocycles. The molecule has 10 heteroatoms. The van der Waals surface area contributed by atoms with Crippen LogP contribution in [0.1, 0.15) is 48.1 Å². The molecule has 0 unspecified atom stereocenters. The van der Waals surface area contributed by atoms with E-state index in [-0.39, 0.29) is 18.2 Å². The van der Waals surface area contributed by atoms with E-state index in [0.717, 1.165) is 0 Å². The maximum absolute atomic E-state index is 13.2. The molecule has 0 aliphatic carbocycles. The summed E-state index contributed by atoms with van der Waals surface area (Å²) < 4.78 is 84.8. The summed E-state index contributed by atoms with van der Waals surface area (Å²) >= 11 is 0. The van der Waals surface area contributed by atoms with E-state index in [1.54, 1.807) is 30.3 Å². The van der Waals surface area contributed by atoms with Crippen molar-refractivity contribution in [2.24, 2.45) is 5.73 Å². The van der Waals surface area contributed by atoms with E-state index >= 15 is 0 Å². The van der Waals surface area contributed by atoms with Gasteiger partial charge in [0, 0.05) is 0 Å². The Morgan fingerprint density at radius 2 is 1.62 bits per heavy atom. The van der Waals surface area contributed by atoms with E-state index in [0.29, 0.717) is 30.5 Å². The summed E-state index contributed by atoms with van der Waals surface area (Å²) in [6.07, 6.45) is -10.3. The first-order chi connectivity index (χ1) is 14.8. The first kappa shape index (κ1) is 24.1. The maximum atomic E-state index is 13.2. The average Bonchev–Trinajstić information content (AvgIpc) is 2.73. The number of rotatable bonds is 5. The van der Waals surface area contributed by atoms with Crippen LogP contribution in [-0.4, -0.2) is 18.6 Å². The van der Waals surface area contributed by atoms with Gasteiger partial charge in [-0.05, 0) is 49.1 Å². The second kappa shape index (κ2) is 8.74. The van der Waals surface area contributed by atoms with Crippen molar-refractivity contribution < 1.29 is 35.9 Å². The predicted molar refractivity (Wildman–Crippen MR) is 104 cm³/mol. The lowest BCUT2D eigenvalue weighted by Gasteiger charge is -2.41. The minimum Gasteiger partial charge on any atom is -0.371 e. The SMILES string of the molecule is C[C@@H](OC[C@@]1(c2ccccc2)CC[C@H](N)C(=O)N1)c1cc(C(F)(F)F)cc(C(F)(F)F)c1. The van der Waals surface area contributed by atoms with Gasteiger partial charge in [-0.3, -0.25) is 4.79 Å². The number of carbonyl (C=O) groups excluding carboxylic acids is 1. The zero-order valence-corrected chi connectivity index (χ0v) is 17.1. The van der Waals surface area contributed by atoms with Crippen molar-refractivity contribution in [3.63, 3.8) is 0 Å². The molecule has 0 aromatic heterocycles. The van der Waals surface area contributed by atoms with Crippen LogP contribution in [0, 0.1) is 0 Å². The summed E-state index contributed by atoms with van der Waals surface area (Å²) in [5.74, 6) is -0.408. The normalized spacial score (nSPS) is 23.0. The van der Waals surface area contributed by atoms with Crippen LogP contribution >= 0.6 is 0 Å². The molecule has 0 radical (unpaired) electrons. The molecule has 1 aliphatic heterocycles. The fourth-order valence-electron chi connectivity index (χ4n) is 3.67. The lowest BCUT2D eigenvalue weighted by atomic mass is 9.81. The molecule has 1 amide bonds. The Hall–Kier alpha value is -2.59. The Morgan fingerprint density at radius 3 is 2.12 bits per heavy atom. The molecule has 1 aliphatic rings. The summed E-state index contributed by atoms with van der Waals surface area (Å²) in [5.41, 5.74) is 2.38. The van der Waals surface area contributed by atoms with Gasteiger partial charge in [-0.2, -0.15) is 26.3 Å². The number of ether oxygens (including phenoxy) is 1. The van der Waals surface area contributed by atoms with E-state index in [1.165, 1.54) is 6.92 Å². The van der Waals surface area contributed by atoms with E-state index in [1.807, 2.05) is 0 Å². The smallest absolute Gasteiger partial charge is 0.371 e. The number of benzene rings is 2. The van der Waals surface area contributed by atoms with Gasteiger partial charge in [-0.15, -0.1) is 0 Å². The topological polar surface area (TPSA) is 64.3 Å². The minimum absolute atomic E-state index is 0.0738. The average molecular weight is 460 g/mol. The Kier molecular flexibility index (Phi) is 6.57. The van der Waals surface area contributed by atoms with Gasteiger partial charge in [-0.1, -0.05) is 30.3 Å². The number of alkyl halides is 6. The molecule has 3 rings (SSSR count). The molecule has 0 saturated carbocycles. The standard InChI is InChI=1S/C22H22F6N2O2/c1-13(14-9-16(21(23,24)25)11-17(10-14)22(26,27)28)32-12-20(15-5-3-2-4-6-15)8-7-18(29)19(31)30-20/h2-6,9-11,13,18H,7-8,12,29H2,1H3,(H,30,31)/t13-,18+,20-/m1/s1. The molecule has 2 aromatic rings. The first-order valence-electron chi connectivity index (χ1n) is 9.86. The summed E-state index contributed by atoms with van der Waals surface area (Å²) in [4.78, 5) is 12.3. The minimum atomic E-state index is -4.95. The third-order valence-electron chi connectivity index (χ3n) is 5.57. The summed E-state index contributed by atoms with van der Waals surface area (Å²) in [6, 6.07) is 9.46. The molecule has 0 spiro atoms. The number of piperidine rings is 1. The van der Waals surface area contributed by atoms with Crippen molar-refractivity contribution in [1.29, 1.82) is 0 Å². The maximum Gasteiger partial charge on any atom is 0.416 e. The predicted octanol–water partition coefficient (Wildman–Crippen LogP) is 4.93. The van der Waals surface area contributed by atoms with Crippen LogP contribution in [0.5, 0.6) is 0 Å². The lowest BCUT2D eigenvalue weighted by molar-refractivity contribution is -0.143. The molecule has 1 saturated heterocycles. The quantitative estimate of drug-likeness (QED) is 0.622. The Balaban J connectivity index is 1.90. The number of hydrogen-bond acceptors (Lipinski definition) is 3. The van der Waals surface area contributed by atoms with Crippen LogP contribution < -0.4 is 11.1 Å². The summed E-state index contributed by atoms with van der Waals surface area (Å²) in [6.45, 7) is 1.21. The molecule has 3 N–H and O–H groups in total. The number of hydrogen-bond donors (Lipinski definition) is 2. The van der Waals surface area contributed by atoms with Crippen molar-refractivity contribution in [3.05, 3.63) is 70.8 Å². The number of nitrogens with one attached hydrogen (secondary N) is 1. The Labute approximate surface area is 180 Å². The number of nitrogens with two attached hydrogens (primary N) is 1. The fraction of sp³-hybridized carbons (Fsp3) is 0.409. The van der Waals surface area contributed by atoms with Crippen LogP contribution in [0.2, 0.25) is 0 Å². The highest BCUT2D eigenvalue weighted by atomic mass is 19.4. The summed E-state index contributed by atoms with van der Waals surface area (Å²) in [7, 11) is 0. The zero-order valence-electron chi connectivity index (χ0n) is 17.1. The van der Waals surface area contributed by atoms with Gasteiger partial charge in [0.15, 0.2) is 0 Å². The third-order valence-corrected chi connectivity index (χ3v) is 5.57. The van der Waals surface area contributed by atoms with Gasteiger partial charge >= 0.3 is 12.4 Å². The number of halogens is 6. The molecular weight excluding hydrogens is 438 g/mol. The fourth-order valence-corrected chi connectivity index (χ4v) is 3.67. The summed E-state index contributed by atoms with van der Waals surface area (Å²) in [5, 5.41) is 2.83. The van der Waals surface area contributed by atoms with Gasteiger partial charge in [0.25, 0.3) is 0 Å². The van der Waals surface area contributed by atoms with Gasteiger partial charge in [0.2, 0.25) is 5.91 Å². The molecule has 1 fully saturated rings. The van der Waals surface area contributed by atoms with Crippen LogP contribution in [0.15, 0.2) is 48.5 Å². The second-order valence-corrected chi connectivity index (χ2v) is 7.87. The van der Waals surface area contributed by atoms with Gasteiger partial charge in [0.05, 0.1) is 35.4 Å². The number of carbonyl (C=O) groups is 1. The molecular formula is C22H22F6N2O2. The highest BCUT2D eigenvalue weighted by Crippen LogP contribution is 2.39. The zero-order chi connectivity index (χ0) is 23.7. The van der Waals surface area contributed by atoms with Crippen molar-refractivity contribution in [2.75, 3.05) is 6.61 Å². The second-order valence-electron chi connectivity index (χ2n) is 7.87.